The molecule has 0 saturated carbocycles. The Morgan fingerprint density at radius 1 is 1.17 bits per heavy atom. The van der Waals surface area contributed by atoms with Crippen molar-refractivity contribution in [3.8, 4) is 11.8 Å². The van der Waals surface area contributed by atoms with Crippen molar-refractivity contribution in [1.82, 2.24) is 0 Å². The number of hydrogen-bond acceptors (Lipinski definition) is 4. The quantitative estimate of drug-likeness (QED) is 0.664. The van der Waals surface area contributed by atoms with E-state index in [4.69, 9.17) is 19.5 Å². The van der Waals surface area contributed by atoms with E-state index in [9.17, 15) is 0 Å². The summed E-state index contributed by atoms with van der Waals surface area (Å²) in [4.78, 5) is 0. The Balaban J connectivity index is 2.37. The van der Waals surface area contributed by atoms with E-state index in [1.807, 2.05) is 6.07 Å². The number of benzene rings is 1. The molecular formula is C14H19NO3. The number of ether oxygens (including phenoxy) is 3. The third-order valence-electron chi connectivity index (χ3n) is 2.37. The lowest BCUT2D eigenvalue weighted by Crippen LogP contribution is -2.05. The van der Waals surface area contributed by atoms with Gasteiger partial charge in [-0.2, -0.15) is 5.26 Å². The first-order valence-electron chi connectivity index (χ1n) is 6.04. The predicted octanol–water partition coefficient (Wildman–Crippen LogP) is 2.51. The molecule has 0 fully saturated rings. The van der Waals surface area contributed by atoms with Crippen LogP contribution in [0.5, 0.6) is 5.75 Å². The van der Waals surface area contributed by atoms with Gasteiger partial charge in [-0.25, -0.2) is 0 Å². The number of nitrogens with zero attached hydrogens (tertiary/aromatic N) is 1. The van der Waals surface area contributed by atoms with Crippen LogP contribution >= 0.6 is 0 Å². The first kappa shape index (κ1) is 14.5. The van der Waals surface area contributed by atoms with Crippen LogP contribution in [0.2, 0.25) is 0 Å². The summed E-state index contributed by atoms with van der Waals surface area (Å²) in [6, 6.07) is 7.56. The van der Waals surface area contributed by atoms with Gasteiger partial charge in [0.15, 0.2) is 0 Å². The molecule has 1 aromatic carbocycles. The van der Waals surface area contributed by atoms with E-state index in [0.29, 0.717) is 31.1 Å². The standard InChI is InChI=1S/C14H19NO3/c1-3-6-17-7-8-18-11-12-4-5-14(16-2)13(9-12)10-15/h4-5,9H,3,6-8,11H2,1-2H3. The third kappa shape index (κ3) is 4.74. The minimum atomic E-state index is 0.480. The molecule has 0 aliphatic carbocycles. The maximum atomic E-state index is 8.95. The van der Waals surface area contributed by atoms with Crippen molar-refractivity contribution < 1.29 is 14.2 Å². The summed E-state index contributed by atoms with van der Waals surface area (Å²) in [5.41, 5.74) is 1.49. The Labute approximate surface area is 108 Å². The molecular weight excluding hydrogens is 230 g/mol. The average molecular weight is 249 g/mol. The smallest absolute Gasteiger partial charge is 0.136 e. The van der Waals surface area contributed by atoms with Crippen molar-refractivity contribution in [2.24, 2.45) is 0 Å². The van der Waals surface area contributed by atoms with Crippen LogP contribution in [0.3, 0.4) is 0 Å². The van der Waals surface area contributed by atoms with Gasteiger partial charge < -0.3 is 14.2 Å². The van der Waals surface area contributed by atoms with Gasteiger partial charge in [0.2, 0.25) is 0 Å². The molecule has 4 heteroatoms. The van der Waals surface area contributed by atoms with Crippen LogP contribution in [0.25, 0.3) is 0 Å². The topological polar surface area (TPSA) is 51.5 Å². The molecule has 0 spiro atoms. The van der Waals surface area contributed by atoms with Crippen LogP contribution in [0.15, 0.2) is 18.2 Å². The van der Waals surface area contributed by atoms with Crippen molar-refractivity contribution in [3.63, 3.8) is 0 Å². The SMILES string of the molecule is CCCOCCOCc1ccc(OC)c(C#N)c1. The molecule has 18 heavy (non-hydrogen) atoms. The van der Waals surface area contributed by atoms with Gasteiger partial charge in [0.25, 0.3) is 0 Å². The molecule has 0 unspecified atom stereocenters. The van der Waals surface area contributed by atoms with Gasteiger partial charge in [-0.1, -0.05) is 13.0 Å². The van der Waals surface area contributed by atoms with Gasteiger partial charge in [-0.05, 0) is 24.1 Å². The third-order valence-corrected chi connectivity index (χ3v) is 2.37. The lowest BCUT2D eigenvalue weighted by molar-refractivity contribution is 0.0408. The largest absolute Gasteiger partial charge is 0.495 e. The molecule has 1 aromatic rings. The lowest BCUT2D eigenvalue weighted by Gasteiger charge is -2.07. The molecule has 0 aliphatic heterocycles. The van der Waals surface area contributed by atoms with Gasteiger partial charge in [-0.3, -0.25) is 0 Å². The van der Waals surface area contributed by atoms with E-state index in [1.165, 1.54) is 0 Å². The molecule has 0 bridgehead atoms. The highest BCUT2D eigenvalue weighted by atomic mass is 16.5. The van der Waals surface area contributed by atoms with Crippen LogP contribution in [0, 0.1) is 11.3 Å². The van der Waals surface area contributed by atoms with Gasteiger partial charge in [0.05, 0.1) is 32.5 Å². The molecule has 0 amide bonds. The Morgan fingerprint density at radius 3 is 2.61 bits per heavy atom. The van der Waals surface area contributed by atoms with Crippen LogP contribution in [0.1, 0.15) is 24.5 Å². The van der Waals surface area contributed by atoms with E-state index >= 15 is 0 Å². The fourth-order valence-corrected chi connectivity index (χ4v) is 1.49. The highest BCUT2D eigenvalue weighted by Crippen LogP contribution is 2.19. The minimum absolute atomic E-state index is 0.480. The van der Waals surface area contributed by atoms with Crippen LogP contribution in [-0.4, -0.2) is 26.9 Å². The molecule has 0 aliphatic rings. The molecule has 0 radical (unpaired) electrons. The maximum absolute atomic E-state index is 8.95. The molecule has 0 N–H and O–H groups in total. The summed E-state index contributed by atoms with van der Waals surface area (Å²) in [6.07, 6.45) is 1.02. The molecule has 4 nitrogen and oxygen atoms in total. The van der Waals surface area contributed by atoms with Crippen molar-refractivity contribution in [2.75, 3.05) is 26.9 Å². The fourth-order valence-electron chi connectivity index (χ4n) is 1.49. The number of methoxy groups -OCH3 is 1. The zero-order valence-electron chi connectivity index (χ0n) is 10.9. The van der Waals surface area contributed by atoms with Crippen molar-refractivity contribution in [2.45, 2.75) is 20.0 Å². The predicted molar refractivity (Wildman–Crippen MR) is 68.5 cm³/mol. The van der Waals surface area contributed by atoms with Gasteiger partial charge in [-0.15, -0.1) is 0 Å². The van der Waals surface area contributed by atoms with Crippen LogP contribution in [-0.2, 0) is 16.1 Å². The van der Waals surface area contributed by atoms with Crippen LogP contribution < -0.4 is 4.74 Å². The highest BCUT2D eigenvalue weighted by molar-refractivity contribution is 5.45. The lowest BCUT2D eigenvalue weighted by atomic mass is 10.1. The number of rotatable bonds is 8. The summed E-state index contributed by atoms with van der Waals surface area (Å²) >= 11 is 0. The maximum Gasteiger partial charge on any atom is 0.136 e. The Bertz CT molecular complexity index is 399. The molecule has 0 heterocycles. The monoisotopic (exact) mass is 249 g/mol. The average Bonchev–Trinajstić information content (AvgIpc) is 2.42. The van der Waals surface area contributed by atoms with E-state index in [1.54, 1.807) is 19.2 Å². The molecule has 0 saturated heterocycles. The summed E-state index contributed by atoms with van der Waals surface area (Å²) in [7, 11) is 1.55. The minimum Gasteiger partial charge on any atom is -0.495 e. The van der Waals surface area contributed by atoms with E-state index < -0.39 is 0 Å². The Kier molecular flexibility index (Phi) is 6.85. The first-order valence-corrected chi connectivity index (χ1v) is 6.04. The van der Waals surface area contributed by atoms with Gasteiger partial charge in [0.1, 0.15) is 11.8 Å². The Morgan fingerprint density at radius 2 is 1.94 bits per heavy atom. The van der Waals surface area contributed by atoms with Crippen molar-refractivity contribution in [1.29, 1.82) is 5.26 Å². The second-order valence-electron chi connectivity index (χ2n) is 3.81. The molecule has 0 aromatic heterocycles. The van der Waals surface area contributed by atoms with E-state index in [2.05, 4.69) is 13.0 Å². The number of hydrogen-bond donors (Lipinski definition) is 0. The fraction of sp³-hybridized carbons (Fsp3) is 0.500. The molecule has 98 valence electrons. The summed E-state index contributed by atoms with van der Waals surface area (Å²) in [5.74, 6) is 0.590. The molecule has 1 rings (SSSR count). The number of nitriles is 1. The summed E-state index contributed by atoms with van der Waals surface area (Å²) in [6.45, 7) is 4.49. The second kappa shape index (κ2) is 8.51. The zero-order chi connectivity index (χ0) is 13.2. The normalized spacial score (nSPS) is 10.1. The summed E-state index contributed by atoms with van der Waals surface area (Å²) in [5, 5.41) is 8.95. The van der Waals surface area contributed by atoms with E-state index in [-0.39, 0.29) is 0 Å². The van der Waals surface area contributed by atoms with Crippen molar-refractivity contribution >= 4 is 0 Å². The zero-order valence-corrected chi connectivity index (χ0v) is 10.9. The highest BCUT2D eigenvalue weighted by Gasteiger charge is 2.03. The summed E-state index contributed by atoms with van der Waals surface area (Å²) < 4.78 is 15.8. The van der Waals surface area contributed by atoms with Crippen LogP contribution in [0.4, 0.5) is 0 Å². The first-order chi connectivity index (χ1) is 8.81. The van der Waals surface area contributed by atoms with Gasteiger partial charge >= 0.3 is 0 Å². The van der Waals surface area contributed by atoms with Crippen molar-refractivity contribution in [3.05, 3.63) is 29.3 Å². The Hall–Kier alpha value is -1.57. The molecule has 0 atom stereocenters. The second-order valence-corrected chi connectivity index (χ2v) is 3.81. The van der Waals surface area contributed by atoms with Gasteiger partial charge in [0, 0.05) is 6.61 Å². The van der Waals surface area contributed by atoms with E-state index in [0.717, 1.165) is 18.6 Å².